The van der Waals surface area contributed by atoms with Gasteiger partial charge < -0.3 is 10.4 Å². The predicted molar refractivity (Wildman–Crippen MR) is 85.5 cm³/mol. The van der Waals surface area contributed by atoms with Crippen LogP contribution in [-0.4, -0.2) is 26.5 Å². The Hall–Kier alpha value is -3.15. The van der Waals surface area contributed by atoms with Crippen LogP contribution in [0.1, 0.15) is 11.1 Å². The number of phenolic OH excluding ortho intramolecular Hbond substituents is 1. The van der Waals surface area contributed by atoms with Crippen LogP contribution in [0.3, 0.4) is 0 Å². The molecular formula is C16H15N5O. The van der Waals surface area contributed by atoms with Crippen molar-refractivity contribution in [3.05, 3.63) is 65.7 Å². The lowest BCUT2D eigenvalue weighted by Gasteiger charge is -2.00. The van der Waals surface area contributed by atoms with E-state index in [1.165, 1.54) is 0 Å². The second kappa shape index (κ2) is 6.53. The molecule has 0 radical (unpaired) electrons. The van der Waals surface area contributed by atoms with E-state index in [-0.39, 0.29) is 5.75 Å². The Bertz CT molecular complexity index is 750. The number of rotatable bonds is 5. The molecule has 0 aliphatic rings. The molecular weight excluding hydrogens is 278 g/mol. The van der Waals surface area contributed by atoms with E-state index in [9.17, 15) is 5.11 Å². The lowest BCUT2D eigenvalue weighted by Crippen LogP contribution is -2.00. The Morgan fingerprint density at radius 1 is 1.09 bits per heavy atom. The lowest BCUT2D eigenvalue weighted by molar-refractivity contribution is 0.475. The number of phenols is 1. The first-order valence-corrected chi connectivity index (χ1v) is 6.83. The van der Waals surface area contributed by atoms with Crippen LogP contribution in [0.4, 0.5) is 11.9 Å². The van der Waals surface area contributed by atoms with E-state index >= 15 is 0 Å². The highest BCUT2D eigenvalue weighted by atomic mass is 16.3. The number of aromatic amines is 1. The minimum atomic E-state index is 0.226. The average molecular weight is 293 g/mol. The highest BCUT2D eigenvalue weighted by molar-refractivity contribution is 5.81. The summed E-state index contributed by atoms with van der Waals surface area (Å²) in [6.07, 6.45) is 1.65. The van der Waals surface area contributed by atoms with Gasteiger partial charge in [0.15, 0.2) is 0 Å². The first kappa shape index (κ1) is 13.8. The maximum absolute atomic E-state index is 9.22. The zero-order valence-electron chi connectivity index (χ0n) is 11.8. The number of benzene rings is 2. The van der Waals surface area contributed by atoms with Crippen molar-refractivity contribution in [2.75, 3.05) is 5.32 Å². The SMILES string of the molecule is Oc1ccc(/C=N/c2nc(NCc3ccccc3)n[nH]2)cc1. The third-order valence-electron chi connectivity index (χ3n) is 3.00. The van der Waals surface area contributed by atoms with E-state index < -0.39 is 0 Å². The summed E-state index contributed by atoms with van der Waals surface area (Å²) in [5.74, 6) is 1.15. The van der Waals surface area contributed by atoms with Gasteiger partial charge in [0.05, 0.1) is 0 Å². The first-order valence-electron chi connectivity index (χ1n) is 6.83. The van der Waals surface area contributed by atoms with E-state index in [2.05, 4.69) is 25.5 Å². The quantitative estimate of drug-likeness (QED) is 0.631. The van der Waals surface area contributed by atoms with Crippen LogP contribution < -0.4 is 5.32 Å². The van der Waals surface area contributed by atoms with Crippen molar-refractivity contribution in [1.82, 2.24) is 15.2 Å². The third kappa shape index (κ3) is 3.69. The summed E-state index contributed by atoms with van der Waals surface area (Å²) in [6.45, 7) is 0.653. The highest BCUT2D eigenvalue weighted by Gasteiger charge is 2.01. The first-order chi connectivity index (χ1) is 10.8. The summed E-state index contributed by atoms with van der Waals surface area (Å²) < 4.78 is 0. The minimum absolute atomic E-state index is 0.226. The van der Waals surface area contributed by atoms with Crippen molar-refractivity contribution in [2.45, 2.75) is 6.54 Å². The van der Waals surface area contributed by atoms with Crippen LogP contribution in [0.2, 0.25) is 0 Å². The molecule has 0 saturated carbocycles. The van der Waals surface area contributed by atoms with E-state index in [1.54, 1.807) is 30.5 Å². The second-order valence-electron chi connectivity index (χ2n) is 4.67. The minimum Gasteiger partial charge on any atom is -0.508 e. The summed E-state index contributed by atoms with van der Waals surface area (Å²) in [4.78, 5) is 8.44. The molecule has 2 aromatic carbocycles. The molecule has 6 heteroatoms. The van der Waals surface area contributed by atoms with Crippen LogP contribution >= 0.6 is 0 Å². The lowest BCUT2D eigenvalue weighted by atomic mass is 10.2. The molecule has 6 nitrogen and oxygen atoms in total. The second-order valence-corrected chi connectivity index (χ2v) is 4.67. The van der Waals surface area contributed by atoms with Crippen LogP contribution in [0.15, 0.2) is 59.6 Å². The number of aromatic hydroxyl groups is 1. The molecule has 0 aliphatic carbocycles. The molecule has 110 valence electrons. The van der Waals surface area contributed by atoms with E-state index in [4.69, 9.17) is 0 Å². The normalized spacial score (nSPS) is 10.9. The van der Waals surface area contributed by atoms with Crippen molar-refractivity contribution >= 4 is 18.1 Å². The molecule has 0 amide bonds. The zero-order chi connectivity index (χ0) is 15.2. The van der Waals surface area contributed by atoms with Gasteiger partial charge in [-0.15, -0.1) is 5.10 Å². The van der Waals surface area contributed by atoms with E-state index in [1.807, 2.05) is 30.3 Å². The van der Waals surface area contributed by atoms with Crippen LogP contribution in [0.5, 0.6) is 5.75 Å². The van der Waals surface area contributed by atoms with Gasteiger partial charge in [0.1, 0.15) is 5.75 Å². The van der Waals surface area contributed by atoms with Gasteiger partial charge in [0.25, 0.3) is 0 Å². The fraction of sp³-hybridized carbons (Fsp3) is 0.0625. The fourth-order valence-electron chi connectivity index (χ4n) is 1.86. The van der Waals surface area contributed by atoms with Crippen molar-refractivity contribution < 1.29 is 5.11 Å². The largest absolute Gasteiger partial charge is 0.508 e. The molecule has 0 unspecified atom stereocenters. The van der Waals surface area contributed by atoms with Crippen molar-refractivity contribution in [2.24, 2.45) is 4.99 Å². The maximum Gasteiger partial charge on any atom is 0.246 e. The number of hydrogen-bond donors (Lipinski definition) is 3. The number of nitrogens with one attached hydrogen (secondary N) is 2. The molecule has 3 rings (SSSR count). The zero-order valence-corrected chi connectivity index (χ0v) is 11.8. The topological polar surface area (TPSA) is 86.2 Å². The van der Waals surface area contributed by atoms with Crippen molar-refractivity contribution in [3.63, 3.8) is 0 Å². The number of anilines is 1. The number of aromatic nitrogens is 3. The molecule has 3 N–H and O–H groups in total. The van der Waals surface area contributed by atoms with Crippen LogP contribution in [0, 0.1) is 0 Å². The monoisotopic (exact) mass is 293 g/mol. The van der Waals surface area contributed by atoms with Crippen LogP contribution in [0.25, 0.3) is 0 Å². The molecule has 0 spiro atoms. The van der Waals surface area contributed by atoms with Gasteiger partial charge in [-0.2, -0.15) is 4.98 Å². The number of H-pyrrole nitrogens is 1. The Morgan fingerprint density at radius 3 is 2.64 bits per heavy atom. The van der Waals surface area contributed by atoms with E-state index in [0.717, 1.165) is 11.1 Å². The molecule has 22 heavy (non-hydrogen) atoms. The smallest absolute Gasteiger partial charge is 0.246 e. The molecule has 0 bridgehead atoms. The number of hydrogen-bond acceptors (Lipinski definition) is 5. The molecule has 1 heterocycles. The van der Waals surface area contributed by atoms with E-state index in [0.29, 0.717) is 18.4 Å². The van der Waals surface area contributed by atoms with Crippen molar-refractivity contribution in [3.8, 4) is 5.75 Å². The van der Waals surface area contributed by atoms with Gasteiger partial charge in [-0.3, -0.25) is 0 Å². The molecule has 1 aromatic heterocycles. The Kier molecular flexibility index (Phi) is 4.10. The highest BCUT2D eigenvalue weighted by Crippen LogP contribution is 2.11. The van der Waals surface area contributed by atoms with Gasteiger partial charge in [-0.25, -0.2) is 10.1 Å². The van der Waals surface area contributed by atoms with Crippen molar-refractivity contribution in [1.29, 1.82) is 0 Å². The Morgan fingerprint density at radius 2 is 1.86 bits per heavy atom. The Balaban J connectivity index is 1.60. The summed E-state index contributed by atoms with van der Waals surface area (Å²) in [7, 11) is 0. The molecule has 0 saturated heterocycles. The Labute approximate surface area is 127 Å². The van der Waals surface area contributed by atoms with Gasteiger partial charge >= 0.3 is 0 Å². The average Bonchev–Trinajstić information content (AvgIpc) is 3.01. The maximum atomic E-state index is 9.22. The molecule has 3 aromatic rings. The number of aliphatic imine (C=N–C) groups is 1. The van der Waals surface area contributed by atoms with Gasteiger partial charge in [-0.1, -0.05) is 30.3 Å². The molecule has 0 aliphatic heterocycles. The standard InChI is InChI=1S/C16H15N5O/c22-14-8-6-13(7-9-14)11-18-16-19-15(20-21-16)17-10-12-4-2-1-3-5-12/h1-9,11,22H,10H2,(H2,17,19,20,21)/b18-11+. The van der Waals surface area contributed by atoms with Gasteiger partial charge in [-0.05, 0) is 35.4 Å². The number of nitrogens with zero attached hydrogens (tertiary/aromatic N) is 3. The van der Waals surface area contributed by atoms with Gasteiger partial charge in [0.2, 0.25) is 11.9 Å². The summed E-state index contributed by atoms with van der Waals surface area (Å²) in [5, 5.41) is 19.2. The molecule has 0 fully saturated rings. The predicted octanol–water partition coefficient (Wildman–Crippen LogP) is 2.87. The third-order valence-corrected chi connectivity index (χ3v) is 3.00. The van der Waals surface area contributed by atoms with Gasteiger partial charge in [0, 0.05) is 12.8 Å². The fourth-order valence-corrected chi connectivity index (χ4v) is 1.86. The summed E-state index contributed by atoms with van der Waals surface area (Å²) in [5.41, 5.74) is 2.02. The van der Waals surface area contributed by atoms with Crippen LogP contribution in [-0.2, 0) is 6.54 Å². The molecule has 0 atom stereocenters. The summed E-state index contributed by atoms with van der Waals surface area (Å²) >= 11 is 0. The summed E-state index contributed by atoms with van der Waals surface area (Å²) in [6, 6.07) is 16.8.